The van der Waals surface area contributed by atoms with Crippen LogP contribution >= 0.6 is 0 Å². The summed E-state index contributed by atoms with van der Waals surface area (Å²) in [6.07, 6.45) is -3.11. The zero-order valence-electron chi connectivity index (χ0n) is 4.93. The fourth-order valence-electron chi connectivity index (χ4n) is 0.777. The van der Waals surface area contributed by atoms with E-state index in [2.05, 4.69) is 0 Å². The fraction of sp³-hybridized carbons (Fsp3) is 0.600. The van der Waals surface area contributed by atoms with E-state index in [0.29, 0.717) is 0 Å². The molecule has 0 spiro atoms. The molecule has 1 heterocycles. The first-order chi connectivity index (χ1) is 4.61. The number of nitrogens with one attached hydrogen (secondary N) is 1. The molecule has 1 aliphatic rings. The number of hydrogen-bond acceptors (Lipinski definition) is 2. The first kappa shape index (κ1) is 11.6. The summed E-state index contributed by atoms with van der Waals surface area (Å²) in [5.74, 6) is -2.90. The van der Waals surface area contributed by atoms with Gasteiger partial charge in [-0.2, -0.15) is 0 Å². The van der Waals surface area contributed by atoms with E-state index >= 15 is 0 Å². The summed E-state index contributed by atoms with van der Waals surface area (Å²) in [6, 6.07) is 0. The molecular weight excluding hydrogens is 183 g/mol. The van der Waals surface area contributed by atoms with Crippen molar-refractivity contribution in [3.63, 3.8) is 0 Å². The number of halogens is 2. The normalized spacial score (nSPS) is 23.4. The summed E-state index contributed by atoms with van der Waals surface area (Å²) in [5.41, 5.74) is 0. The van der Waals surface area contributed by atoms with Crippen LogP contribution < -0.4 is 5.32 Å². The van der Waals surface area contributed by atoms with Gasteiger partial charge in [0.2, 0.25) is 11.8 Å². The van der Waals surface area contributed by atoms with Crippen molar-refractivity contribution in [1.29, 1.82) is 0 Å². The number of carbonyl (C=O) groups is 2. The van der Waals surface area contributed by atoms with E-state index < -0.39 is 24.2 Å². The topological polar surface area (TPSA) is 46.2 Å². The molecule has 1 unspecified atom stereocenters. The maximum absolute atomic E-state index is 11.8. The summed E-state index contributed by atoms with van der Waals surface area (Å²) in [5, 5.41) is 1.79. The number of amides is 2. The quantitative estimate of drug-likeness (QED) is 0.436. The van der Waals surface area contributed by atoms with Gasteiger partial charge < -0.3 is 0 Å². The van der Waals surface area contributed by atoms with Gasteiger partial charge in [-0.25, -0.2) is 8.78 Å². The van der Waals surface area contributed by atoms with Crippen LogP contribution in [-0.2, 0) is 9.59 Å². The Morgan fingerprint density at radius 2 is 2.00 bits per heavy atom. The molecular formula is C5H6F2KNO2. The van der Waals surface area contributed by atoms with E-state index in [9.17, 15) is 18.4 Å². The zero-order valence-corrected chi connectivity index (χ0v) is 4.93. The van der Waals surface area contributed by atoms with E-state index in [4.69, 9.17) is 0 Å². The molecule has 0 saturated carbocycles. The van der Waals surface area contributed by atoms with Crippen LogP contribution in [0.4, 0.5) is 8.78 Å². The Bertz CT molecular complexity index is 185. The second-order valence-electron chi connectivity index (χ2n) is 2.06. The fourth-order valence-corrected chi connectivity index (χ4v) is 0.777. The third kappa shape index (κ3) is 2.87. The monoisotopic (exact) mass is 189 g/mol. The number of hydrogen-bond donors (Lipinski definition) is 1. The molecule has 0 aliphatic carbocycles. The summed E-state index contributed by atoms with van der Waals surface area (Å²) in [6.45, 7) is 0. The van der Waals surface area contributed by atoms with Crippen molar-refractivity contribution in [2.24, 2.45) is 5.92 Å². The predicted octanol–water partition coefficient (Wildman–Crippen LogP) is -0.734. The summed E-state index contributed by atoms with van der Waals surface area (Å²) in [7, 11) is 0. The van der Waals surface area contributed by atoms with Crippen LogP contribution in [0.25, 0.3) is 0 Å². The molecule has 2 amide bonds. The van der Waals surface area contributed by atoms with Crippen molar-refractivity contribution >= 4 is 63.2 Å². The Balaban J connectivity index is 0.000001000. The van der Waals surface area contributed by atoms with Crippen LogP contribution in [0.2, 0.25) is 0 Å². The second-order valence-corrected chi connectivity index (χ2v) is 2.06. The van der Waals surface area contributed by atoms with Gasteiger partial charge in [-0.15, -0.1) is 0 Å². The first-order valence-electron chi connectivity index (χ1n) is 2.73. The van der Waals surface area contributed by atoms with Gasteiger partial charge in [-0.1, -0.05) is 0 Å². The van der Waals surface area contributed by atoms with Crippen LogP contribution in [0, 0.1) is 5.92 Å². The molecule has 58 valence electrons. The molecule has 1 fully saturated rings. The van der Waals surface area contributed by atoms with Gasteiger partial charge in [-0.3, -0.25) is 14.9 Å². The van der Waals surface area contributed by atoms with Gasteiger partial charge in [0.15, 0.2) is 0 Å². The van der Waals surface area contributed by atoms with Crippen LogP contribution in [0.5, 0.6) is 0 Å². The predicted molar refractivity (Wildman–Crippen MR) is 34.4 cm³/mol. The average molecular weight is 189 g/mol. The standard InChI is InChI=1S/C5H5F2NO2.K.H/c6-4(7)2-1-3(9)8-5(2)10;;/h2,4H,1H2,(H,8,9,10);;. The van der Waals surface area contributed by atoms with Crippen molar-refractivity contribution in [3.8, 4) is 0 Å². The van der Waals surface area contributed by atoms with Crippen molar-refractivity contribution in [2.75, 3.05) is 0 Å². The number of alkyl halides is 2. The molecule has 1 atom stereocenters. The zero-order chi connectivity index (χ0) is 7.72. The molecule has 0 bridgehead atoms. The minimum absolute atomic E-state index is 0. The van der Waals surface area contributed by atoms with Crippen molar-refractivity contribution in [3.05, 3.63) is 0 Å². The van der Waals surface area contributed by atoms with E-state index in [1.54, 1.807) is 5.32 Å². The van der Waals surface area contributed by atoms with Crippen molar-refractivity contribution in [1.82, 2.24) is 5.32 Å². The Kier molecular flexibility index (Phi) is 4.88. The van der Waals surface area contributed by atoms with E-state index in [1.165, 1.54) is 0 Å². The van der Waals surface area contributed by atoms with Gasteiger partial charge in [0.05, 0.1) is 0 Å². The molecule has 0 aromatic heterocycles. The molecule has 1 aliphatic heterocycles. The molecule has 11 heavy (non-hydrogen) atoms. The number of rotatable bonds is 1. The Morgan fingerprint density at radius 3 is 2.18 bits per heavy atom. The molecule has 1 N–H and O–H groups in total. The van der Waals surface area contributed by atoms with Crippen molar-refractivity contribution < 1.29 is 18.4 Å². The van der Waals surface area contributed by atoms with Crippen LogP contribution in [0.15, 0.2) is 0 Å². The van der Waals surface area contributed by atoms with E-state index in [-0.39, 0.29) is 57.8 Å². The molecule has 0 aromatic carbocycles. The second kappa shape index (κ2) is 4.61. The minimum atomic E-state index is -2.73. The number of imide groups is 1. The summed E-state index contributed by atoms with van der Waals surface area (Å²) in [4.78, 5) is 20.7. The van der Waals surface area contributed by atoms with E-state index in [1.807, 2.05) is 0 Å². The van der Waals surface area contributed by atoms with Crippen LogP contribution in [-0.4, -0.2) is 69.6 Å². The summed E-state index contributed by atoms with van der Waals surface area (Å²) >= 11 is 0. The first-order valence-corrected chi connectivity index (χ1v) is 2.73. The molecule has 1 rings (SSSR count). The SMILES string of the molecule is O=C1CC(C(F)F)C(=O)N1.[KH]. The Labute approximate surface area is 104 Å². The van der Waals surface area contributed by atoms with Crippen LogP contribution in [0.3, 0.4) is 0 Å². The Morgan fingerprint density at radius 1 is 1.45 bits per heavy atom. The number of carbonyl (C=O) groups excluding carboxylic acids is 2. The van der Waals surface area contributed by atoms with Gasteiger partial charge in [0, 0.05) is 6.42 Å². The molecule has 0 radical (unpaired) electrons. The van der Waals surface area contributed by atoms with Gasteiger partial charge in [0.25, 0.3) is 6.43 Å². The van der Waals surface area contributed by atoms with Gasteiger partial charge in [-0.05, 0) is 0 Å². The van der Waals surface area contributed by atoms with Gasteiger partial charge >= 0.3 is 51.4 Å². The summed E-state index contributed by atoms with van der Waals surface area (Å²) < 4.78 is 23.5. The maximum atomic E-state index is 11.8. The molecule has 1 saturated heterocycles. The van der Waals surface area contributed by atoms with Crippen LogP contribution in [0.1, 0.15) is 6.42 Å². The van der Waals surface area contributed by atoms with Crippen molar-refractivity contribution in [2.45, 2.75) is 12.8 Å². The molecule has 0 aromatic rings. The van der Waals surface area contributed by atoms with E-state index in [0.717, 1.165) is 0 Å². The molecule has 6 heteroatoms. The Hall–Kier alpha value is 0.636. The average Bonchev–Trinajstić information content (AvgIpc) is 2.10. The molecule has 3 nitrogen and oxygen atoms in total. The third-order valence-corrected chi connectivity index (χ3v) is 1.31. The third-order valence-electron chi connectivity index (χ3n) is 1.31. The van der Waals surface area contributed by atoms with Gasteiger partial charge in [0.1, 0.15) is 5.92 Å².